The van der Waals surface area contributed by atoms with Crippen LogP contribution >= 0.6 is 0 Å². The molecule has 170 valence electrons. The largest absolute Gasteiger partial charge is 0.379 e. The Labute approximate surface area is 187 Å². The molecule has 0 radical (unpaired) electrons. The number of rotatable bonds is 6. The van der Waals surface area contributed by atoms with Crippen LogP contribution in [-0.4, -0.2) is 57.2 Å². The van der Waals surface area contributed by atoms with Gasteiger partial charge in [0.1, 0.15) is 4.90 Å². The summed E-state index contributed by atoms with van der Waals surface area (Å²) in [6.45, 7) is 4.62. The van der Waals surface area contributed by atoms with Gasteiger partial charge in [-0.05, 0) is 50.2 Å². The minimum absolute atomic E-state index is 0.0892. The number of anilines is 1. The van der Waals surface area contributed by atoms with Gasteiger partial charge in [0.15, 0.2) is 0 Å². The fourth-order valence-corrected chi connectivity index (χ4v) is 6.54. The molecule has 2 heterocycles. The molecule has 4 rings (SSSR count). The van der Waals surface area contributed by atoms with Gasteiger partial charge in [-0.3, -0.25) is 4.72 Å². The molecule has 0 saturated carbocycles. The number of aromatic nitrogens is 2. The lowest BCUT2D eigenvalue weighted by atomic mass is 10.3. The van der Waals surface area contributed by atoms with Crippen molar-refractivity contribution in [2.24, 2.45) is 0 Å². The van der Waals surface area contributed by atoms with Gasteiger partial charge in [0.05, 0.1) is 35.2 Å². The van der Waals surface area contributed by atoms with Gasteiger partial charge in [0.25, 0.3) is 10.0 Å². The van der Waals surface area contributed by atoms with E-state index in [1.54, 1.807) is 18.5 Å². The first-order valence-corrected chi connectivity index (χ1v) is 12.9. The van der Waals surface area contributed by atoms with E-state index < -0.39 is 20.0 Å². The van der Waals surface area contributed by atoms with Gasteiger partial charge in [0.2, 0.25) is 10.0 Å². The molecule has 0 unspecified atom stereocenters. The Hall–Kier alpha value is -2.73. The van der Waals surface area contributed by atoms with Crippen LogP contribution in [0.15, 0.2) is 64.4 Å². The predicted molar refractivity (Wildman–Crippen MR) is 120 cm³/mol. The molecule has 1 aliphatic heterocycles. The molecule has 0 amide bonds. The molecule has 2 aromatic carbocycles. The Morgan fingerprint density at radius 3 is 2.16 bits per heavy atom. The van der Waals surface area contributed by atoms with Gasteiger partial charge < -0.3 is 4.74 Å². The third-order valence-corrected chi connectivity index (χ3v) is 8.75. The molecule has 1 aromatic heterocycles. The lowest BCUT2D eigenvalue weighted by molar-refractivity contribution is 0.0730. The van der Waals surface area contributed by atoms with E-state index in [0.29, 0.717) is 37.7 Å². The van der Waals surface area contributed by atoms with Crippen LogP contribution in [0.1, 0.15) is 11.4 Å². The van der Waals surface area contributed by atoms with Crippen molar-refractivity contribution in [1.82, 2.24) is 14.1 Å². The second kappa shape index (κ2) is 8.66. The van der Waals surface area contributed by atoms with E-state index in [4.69, 9.17) is 4.74 Å². The number of ether oxygens (including phenoxy) is 1. The molecule has 0 bridgehead atoms. The molecular weight excluding hydrogens is 452 g/mol. The van der Waals surface area contributed by atoms with Crippen LogP contribution in [0.5, 0.6) is 0 Å². The average Bonchev–Trinajstić information content (AvgIpc) is 3.10. The average molecular weight is 477 g/mol. The molecule has 1 saturated heterocycles. The molecule has 11 heteroatoms. The highest BCUT2D eigenvalue weighted by atomic mass is 32.2. The quantitative estimate of drug-likeness (QED) is 0.585. The monoisotopic (exact) mass is 476 g/mol. The fraction of sp³-hybridized carbons (Fsp3) is 0.286. The van der Waals surface area contributed by atoms with Gasteiger partial charge in [-0.1, -0.05) is 18.2 Å². The van der Waals surface area contributed by atoms with Crippen molar-refractivity contribution in [2.45, 2.75) is 23.6 Å². The lowest BCUT2D eigenvalue weighted by Gasteiger charge is -2.26. The highest BCUT2D eigenvalue weighted by Crippen LogP contribution is 2.26. The number of morpholine rings is 1. The van der Waals surface area contributed by atoms with Crippen molar-refractivity contribution in [3.05, 3.63) is 66.0 Å². The summed E-state index contributed by atoms with van der Waals surface area (Å²) in [6, 6.07) is 14.9. The van der Waals surface area contributed by atoms with E-state index in [-0.39, 0.29) is 15.5 Å². The van der Waals surface area contributed by atoms with Crippen molar-refractivity contribution in [3.8, 4) is 5.69 Å². The van der Waals surface area contributed by atoms with E-state index >= 15 is 0 Å². The van der Waals surface area contributed by atoms with Crippen LogP contribution in [0.4, 0.5) is 5.69 Å². The Balaban J connectivity index is 1.59. The number of benzene rings is 2. The number of sulfonamides is 2. The highest BCUT2D eigenvalue weighted by molar-refractivity contribution is 7.92. The zero-order valence-electron chi connectivity index (χ0n) is 17.7. The zero-order valence-corrected chi connectivity index (χ0v) is 19.4. The second-order valence-corrected chi connectivity index (χ2v) is 11.0. The number of nitrogens with zero attached hydrogens (tertiary/aromatic N) is 3. The van der Waals surface area contributed by atoms with Gasteiger partial charge >= 0.3 is 0 Å². The Bertz CT molecular complexity index is 1310. The molecular formula is C21H24N4O5S2. The summed E-state index contributed by atoms with van der Waals surface area (Å²) < 4.78 is 62.4. The second-order valence-electron chi connectivity index (χ2n) is 7.39. The maximum Gasteiger partial charge on any atom is 0.265 e. The van der Waals surface area contributed by atoms with E-state index in [9.17, 15) is 16.8 Å². The summed E-state index contributed by atoms with van der Waals surface area (Å²) in [7, 11) is -7.59. The Morgan fingerprint density at radius 2 is 1.53 bits per heavy atom. The minimum atomic E-state index is -3.94. The van der Waals surface area contributed by atoms with Crippen molar-refractivity contribution < 1.29 is 21.6 Å². The molecule has 1 N–H and O–H groups in total. The standard InChI is InChI=1S/C21H24N4O5S2/c1-16-21(17(2)25(22-16)19-6-4-3-5-7-19)31(26,27)23-18-8-10-20(11-9-18)32(28,29)24-12-14-30-15-13-24/h3-11,23H,12-15H2,1-2H3. The molecule has 0 spiro atoms. The van der Waals surface area contributed by atoms with E-state index in [1.807, 2.05) is 30.3 Å². The lowest BCUT2D eigenvalue weighted by Crippen LogP contribution is -2.40. The normalized spacial score (nSPS) is 15.6. The van der Waals surface area contributed by atoms with E-state index in [1.165, 1.54) is 28.6 Å². The van der Waals surface area contributed by atoms with Gasteiger partial charge in [0, 0.05) is 18.8 Å². The van der Waals surface area contributed by atoms with Gasteiger partial charge in [-0.2, -0.15) is 9.40 Å². The van der Waals surface area contributed by atoms with E-state index in [2.05, 4.69) is 9.82 Å². The number of hydrogen-bond acceptors (Lipinski definition) is 6. The number of para-hydroxylation sites is 1. The van der Waals surface area contributed by atoms with Crippen molar-refractivity contribution >= 4 is 25.7 Å². The molecule has 9 nitrogen and oxygen atoms in total. The van der Waals surface area contributed by atoms with Crippen LogP contribution in [0.2, 0.25) is 0 Å². The Kier molecular flexibility index (Phi) is 6.08. The number of aryl methyl sites for hydroxylation is 1. The third kappa shape index (κ3) is 4.29. The van der Waals surface area contributed by atoms with Crippen LogP contribution in [0.25, 0.3) is 5.69 Å². The number of hydrogen-bond donors (Lipinski definition) is 1. The summed E-state index contributed by atoms with van der Waals surface area (Å²) >= 11 is 0. The predicted octanol–water partition coefficient (Wildman–Crippen LogP) is 2.31. The van der Waals surface area contributed by atoms with Gasteiger partial charge in [-0.25, -0.2) is 21.5 Å². The summed E-state index contributed by atoms with van der Waals surface area (Å²) in [5.41, 5.74) is 1.86. The maximum absolute atomic E-state index is 13.1. The molecule has 3 aromatic rings. The maximum atomic E-state index is 13.1. The topological polar surface area (TPSA) is 111 Å². The molecule has 0 atom stereocenters. The van der Waals surface area contributed by atoms with Crippen molar-refractivity contribution in [1.29, 1.82) is 0 Å². The summed E-state index contributed by atoms with van der Waals surface area (Å²) in [5.74, 6) is 0. The first-order chi connectivity index (χ1) is 15.2. The SMILES string of the molecule is Cc1nn(-c2ccccc2)c(C)c1S(=O)(=O)Nc1ccc(S(=O)(=O)N2CCOCC2)cc1. The molecule has 32 heavy (non-hydrogen) atoms. The Morgan fingerprint density at radius 1 is 0.906 bits per heavy atom. The van der Waals surface area contributed by atoms with Crippen LogP contribution < -0.4 is 4.72 Å². The minimum Gasteiger partial charge on any atom is -0.379 e. The van der Waals surface area contributed by atoms with E-state index in [0.717, 1.165) is 5.69 Å². The van der Waals surface area contributed by atoms with Crippen LogP contribution in [-0.2, 0) is 24.8 Å². The van der Waals surface area contributed by atoms with Crippen LogP contribution in [0, 0.1) is 13.8 Å². The van der Waals surface area contributed by atoms with Crippen molar-refractivity contribution in [2.75, 3.05) is 31.0 Å². The first kappa shape index (κ1) is 22.5. The molecule has 0 aliphatic carbocycles. The van der Waals surface area contributed by atoms with Gasteiger partial charge in [-0.15, -0.1) is 0 Å². The summed E-state index contributed by atoms with van der Waals surface area (Å²) in [5, 5.41) is 4.39. The fourth-order valence-electron chi connectivity index (χ4n) is 3.68. The first-order valence-electron chi connectivity index (χ1n) is 10.0. The third-order valence-electron chi connectivity index (χ3n) is 5.21. The molecule has 1 aliphatic rings. The zero-order chi connectivity index (χ0) is 22.9. The van der Waals surface area contributed by atoms with Crippen molar-refractivity contribution in [3.63, 3.8) is 0 Å². The molecule has 1 fully saturated rings. The van der Waals surface area contributed by atoms with Crippen LogP contribution in [0.3, 0.4) is 0 Å². The number of nitrogens with one attached hydrogen (secondary N) is 1. The summed E-state index contributed by atoms with van der Waals surface area (Å²) in [4.78, 5) is 0.193. The smallest absolute Gasteiger partial charge is 0.265 e. The highest BCUT2D eigenvalue weighted by Gasteiger charge is 2.28. The summed E-state index contributed by atoms with van der Waals surface area (Å²) in [6.07, 6.45) is 0.